The van der Waals surface area contributed by atoms with E-state index < -0.39 is 0 Å². The van der Waals surface area contributed by atoms with E-state index in [1.54, 1.807) is 0 Å². The molecule has 54 valence electrons. The van der Waals surface area contributed by atoms with Gasteiger partial charge in [-0.3, -0.25) is 0 Å². The number of halogens is 3. The van der Waals surface area contributed by atoms with E-state index >= 15 is 0 Å². The molecule has 0 bridgehead atoms. The zero-order valence-electron chi connectivity index (χ0n) is 4.79. The highest BCUT2D eigenvalue weighted by Crippen LogP contribution is 2.22. The van der Waals surface area contributed by atoms with Crippen molar-refractivity contribution in [2.45, 2.75) is 0 Å². The second kappa shape index (κ2) is 2.82. The van der Waals surface area contributed by atoms with E-state index in [1.807, 2.05) is 0 Å². The summed E-state index contributed by atoms with van der Waals surface area (Å²) in [5.41, 5.74) is 0. The summed E-state index contributed by atoms with van der Waals surface area (Å²) >= 11 is 16.5. The maximum absolute atomic E-state index is 5.52. The monoisotopic (exact) mass is 196 g/mol. The van der Waals surface area contributed by atoms with Crippen molar-refractivity contribution in [2.24, 2.45) is 0 Å². The van der Waals surface area contributed by atoms with E-state index in [0.29, 0.717) is 5.82 Å². The third kappa shape index (κ3) is 1.45. The van der Waals surface area contributed by atoms with Crippen molar-refractivity contribution in [1.29, 1.82) is 0 Å². The number of hydrogen-bond donors (Lipinski definition) is 1. The summed E-state index contributed by atoms with van der Waals surface area (Å²) in [7, 11) is 0. The van der Waals surface area contributed by atoms with Crippen molar-refractivity contribution in [3.05, 3.63) is 22.7 Å². The molecule has 10 heavy (non-hydrogen) atoms. The molecule has 0 atom stereocenters. The molecule has 0 aromatic carbocycles. The molecule has 0 aliphatic heterocycles. The zero-order chi connectivity index (χ0) is 7.72. The summed E-state index contributed by atoms with van der Waals surface area (Å²) in [5, 5.41) is 0.769. The molecular weight excluding hydrogens is 194 g/mol. The van der Waals surface area contributed by atoms with Gasteiger partial charge in [0.1, 0.15) is 5.15 Å². The molecule has 0 fully saturated rings. The van der Waals surface area contributed by atoms with Gasteiger partial charge in [-0.2, -0.15) is 0 Å². The lowest BCUT2D eigenvalue weighted by Crippen LogP contribution is -1.76. The largest absolute Gasteiger partial charge is 0.327 e. The van der Waals surface area contributed by atoms with Gasteiger partial charge < -0.3 is 4.98 Å². The number of nitrogens with one attached hydrogen (secondary N) is 1. The number of rotatable bonds is 1. The Kier molecular flexibility index (Phi) is 2.24. The second-order valence-corrected chi connectivity index (χ2v) is 2.79. The molecule has 1 heterocycles. The first-order valence-electron chi connectivity index (χ1n) is 2.37. The van der Waals surface area contributed by atoms with Crippen LogP contribution in [0.4, 0.5) is 0 Å². The minimum atomic E-state index is 0.207. The van der Waals surface area contributed by atoms with Crippen LogP contribution in [0.2, 0.25) is 10.3 Å². The normalized spacial score (nSPS) is 9.90. The predicted octanol–water partition coefficient (Wildman–Crippen LogP) is 2.93. The fraction of sp³-hybridized carbons (Fsp3) is 0. The van der Waals surface area contributed by atoms with Gasteiger partial charge in [0.25, 0.3) is 0 Å². The maximum atomic E-state index is 5.52. The fourth-order valence-corrected chi connectivity index (χ4v) is 0.812. The smallest absolute Gasteiger partial charge is 0.166 e. The van der Waals surface area contributed by atoms with Gasteiger partial charge in [-0.15, -0.1) is 0 Å². The molecule has 1 rings (SSSR count). The highest BCUT2D eigenvalue weighted by atomic mass is 35.5. The lowest BCUT2D eigenvalue weighted by molar-refractivity contribution is 1.26. The van der Waals surface area contributed by atoms with E-state index in [1.165, 1.54) is 0 Å². The molecule has 0 saturated carbocycles. The van der Waals surface area contributed by atoms with Crippen LogP contribution in [0.3, 0.4) is 0 Å². The van der Waals surface area contributed by atoms with Crippen molar-refractivity contribution in [3.8, 4) is 0 Å². The number of aromatic amines is 1. The molecule has 2 nitrogen and oxygen atoms in total. The molecule has 1 aromatic heterocycles. The summed E-state index contributed by atoms with van der Waals surface area (Å²) in [6.45, 7) is 3.43. The first-order chi connectivity index (χ1) is 4.61. The Morgan fingerprint density at radius 2 is 2.10 bits per heavy atom. The van der Waals surface area contributed by atoms with Crippen LogP contribution in [0, 0.1) is 0 Å². The SMILES string of the molecule is C=C(Cl)c1nc(Cl)c(Cl)[nH]1. The minimum Gasteiger partial charge on any atom is -0.327 e. The van der Waals surface area contributed by atoms with Crippen molar-refractivity contribution < 1.29 is 0 Å². The summed E-state index contributed by atoms with van der Waals surface area (Å²) in [6, 6.07) is 0. The molecular formula is C5H3Cl3N2. The molecule has 0 aliphatic rings. The van der Waals surface area contributed by atoms with Crippen LogP contribution in [-0.4, -0.2) is 9.97 Å². The van der Waals surface area contributed by atoms with Crippen LogP contribution in [-0.2, 0) is 0 Å². The Balaban J connectivity index is 3.10. The molecule has 0 saturated heterocycles. The minimum absolute atomic E-state index is 0.207. The number of H-pyrrole nitrogens is 1. The average Bonchev–Trinajstić information content (AvgIpc) is 2.13. The molecule has 0 aliphatic carbocycles. The van der Waals surface area contributed by atoms with Crippen LogP contribution in [0.15, 0.2) is 6.58 Å². The summed E-state index contributed by atoms with van der Waals surface area (Å²) < 4.78 is 0. The predicted molar refractivity (Wildman–Crippen MR) is 43.5 cm³/mol. The lowest BCUT2D eigenvalue weighted by Gasteiger charge is -1.84. The molecule has 0 radical (unpaired) electrons. The van der Waals surface area contributed by atoms with E-state index in [-0.39, 0.29) is 15.3 Å². The van der Waals surface area contributed by atoms with Crippen LogP contribution in [0.1, 0.15) is 5.82 Å². The maximum Gasteiger partial charge on any atom is 0.166 e. The standard InChI is InChI=1S/C5H3Cl3N2/c1-2(6)5-9-3(7)4(8)10-5/h1H2,(H,9,10). The highest BCUT2D eigenvalue weighted by molar-refractivity contribution is 6.48. The number of nitrogens with zero attached hydrogens (tertiary/aromatic N) is 1. The molecule has 1 N–H and O–H groups in total. The Hall–Kier alpha value is -0.180. The second-order valence-electron chi connectivity index (χ2n) is 1.60. The van der Waals surface area contributed by atoms with Crippen LogP contribution < -0.4 is 0 Å². The van der Waals surface area contributed by atoms with Crippen LogP contribution in [0.5, 0.6) is 0 Å². The van der Waals surface area contributed by atoms with Gasteiger partial charge in [-0.05, 0) is 0 Å². The van der Waals surface area contributed by atoms with E-state index in [0.717, 1.165) is 0 Å². The van der Waals surface area contributed by atoms with Gasteiger partial charge in [-0.25, -0.2) is 4.98 Å². The van der Waals surface area contributed by atoms with Crippen molar-refractivity contribution in [3.63, 3.8) is 0 Å². The third-order valence-electron chi connectivity index (χ3n) is 0.876. The van der Waals surface area contributed by atoms with Crippen molar-refractivity contribution in [1.82, 2.24) is 9.97 Å². The molecule has 0 unspecified atom stereocenters. The van der Waals surface area contributed by atoms with Crippen LogP contribution in [0.25, 0.3) is 5.03 Å². The van der Waals surface area contributed by atoms with Gasteiger partial charge in [0.05, 0.1) is 5.03 Å². The van der Waals surface area contributed by atoms with Gasteiger partial charge in [0, 0.05) is 0 Å². The highest BCUT2D eigenvalue weighted by Gasteiger charge is 2.05. The first-order valence-corrected chi connectivity index (χ1v) is 3.50. The van der Waals surface area contributed by atoms with Crippen LogP contribution >= 0.6 is 34.8 Å². The van der Waals surface area contributed by atoms with Gasteiger partial charge in [0.15, 0.2) is 11.0 Å². The quantitative estimate of drug-likeness (QED) is 0.737. The lowest BCUT2D eigenvalue weighted by atomic mass is 10.6. The fourth-order valence-electron chi connectivity index (χ4n) is 0.459. The Morgan fingerprint density at radius 1 is 1.50 bits per heavy atom. The van der Waals surface area contributed by atoms with Crippen molar-refractivity contribution >= 4 is 39.8 Å². The Bertz CT molecular complexity index is 246. The average molecular weight is 197 g/mol. The van der Waals surface area contributed by atoms with Gasteiger partial charge >= 0.3 is 0 Å². The van der Waals surface area contributed by atoms with E-state index in [9.17, 15) is 0 Å². The summed E-state index contributed by atoms with van der Waals surface area (Å²) in [5.74, 6) is 0.400. The Morgan fingerprint density at radius 3 is 2.30 bits per heavy atom. The first kappa shape index (κ1) is 7.92. The van der Waals surface area contributed by atoms with E-state index in [2.05, 4.69) is 16.5 Å². The third-order valence-corrected chi connectivity index (χ3v) is 1.70. The number of aromatic nitrogens is 2. The van der Waals surface area contributed by atoms with Gasteiger partial charge in [-0.1, -0.05) is 41.4 Å². The molecule has 5 heteroatoms. The molecule has 0 spiro atoms. The van der Waals surface area contributed by atoms with Crippen molar-refractivity contribution in [2.75, 3.05) is 0 Å². The Labute approximate surface area is 72.8 Å². The zero-order valence-corrected chi connectivity index (χ0v) is 7.06. The number of hydrogen-bond acceptors (Lipinski definition) is 1. The molecule has 1 aromatic rings. The topological polar surface area (TPSA) is 28.7 Å². The van der Waals surface area contributed by atoms with E-state index in [4.69, 9.17) is 34.8 Å². The summed E-state index contributed by atoms with van der Waals surface area (Å²) in [6.07, 6.45) is 0. The van der Waals surface area contributed by atoms with Gasteiger partial charge in [0.2, 0.25) is 0 Å². The number of imidazole rings is 1. The summed E-state index contributed by atoms with van der Waals surface area (Å²) in [4.78, 5) is 6.39. The molecule has 0 amide bonds.